The van der Waals surface area contributed by atoms with E-state index in [9.17, 15) is 0 Å². The van der Waals surface area contributed by atoms with Crippen LogP contribution in [0.1, 0.15) is 23.8 Å². The van der Waals surface area contributed by atoms with Crippen molar-refractivity contribution in [2.24, 2.45) is 0 Å². The Balaban J connectivity index is 1.95. The Labute approximate surface area is 140 Å². The Morgan fingerprint density at radius 2 is 2.05 bits per heavy atom. The molecule has 0 fully saturated rings. The van der Waals surface area contributed by atoms with Crippen molar-refractivity contribution in [3.8, 4) is 5.75 Å². The first-order valence-corrected chi connectivity index (χ1v) is 8.95. The Morgan fingerprint density at radius 1 is 1.20 bits per heavy atom. The topological polar surface area (TPSA) is 21.3 Å². The van der Waals surface area contributed by atoms with E-state index in [2.05, 4.69) is 56.2 Å². The van der Waals surface area contributed by atoms with Crippen LogP contribution in [0.5, 0.6) is 5.75 Å². The molecule has 1 aromatic carbocycles. The van der Waals surface area contributed by atoms with E-state index in [4.69, 9.17) is 4.74 Å². The third-order valence-electron chi connectivity index (χ3n) is 2.77. The molecule has 0 unspecified atom stereocenters. The molecule has 0 spiro atoms. The molecule has 0 aliphatic rings. The average Bonchev–Trinajstić information content (AvgIpc) is 2.85. The monoisotopic (exact) mass is 417 g/mol. The predicted octanol–water partition coefficient (Wildman–Crippen LogP) is 5.35. The van der Waals surface area contributed by atoms with E-state index in [1.807, 2.05) is 18.2 Å². The normalized spacial score (nSPS) is 10.8. The molecule has 2 aromatic rings. The van der Waals surface area contributed by atoms with E-state index in [0.717, 1.165) is 33.5 Å². The molecular weight excluding hydrogens is 402 g/mol. The van der Waals surface area contributed by atoms with Crippen molar-refractivity contribution < 1.29 is 4.74 Å². The molecule has 1 heterocycles. The van der Waals surface area contributed by atoms with Crippen LogP contribution in [0.2, 0.25) is 0 Å². The lowest BCUT2D eigenvalue weighted by Crippen LogP contribution is -2.14. The zero-order chi connectivity index (χ0) is 14.4. The highest BCUT2D eigenvalue weighted by Gasteiger charge is 2.04. The van der Waals surface area contributed by atoms with Gasteiger partial charge in [-0.3, -0.25) is 0 Å². The number of ether oxygens (including phenoxy) is 1. The molecule has 1 N–H and O–H groups in total. The zero-order valence-electron chi connectivity index (χ0n) is 11.3. The summed E-state index contributed by atoms with van der Waals surface area (Å²) >= 11 is 8.75. The molecule has 5 heteroatoms. The van der Waals surface area contributed by atoms with Crippen molar-refractivity contribution in [3.05, 3.63) is 49.0 Å². The third kappa shape index (κ3) is 4.88. The number of thiophene rings is 1. The fourth-order valence-corrected chi connectivity index (χ4v) is 3.54. The van der Waals surface area contributed by atoms with Crippen molar-refractivity contribution in [3.63, 3.8) is 0 Å². The van der Waals surface area contributed by atoms with Crippen LogP contribution >= 0.6 is 43.2 Å². The second-order valence-electron chi connectivity index (χ2n) is 4.42. The van der Waals surface area contributed by atoms with Crippen LogP contribution in [0, 0.1) is 0 Å². The highest BCUT2D eigenvalue weighted by atomic mass is 79.9. The molecule has 20 heavy (non-hydrogen) atoms. The highest BCUT2D eigenvalue weighted by Crippen LogP contribution is 2.26. The third-order valence-corrected chi connectivity index (χ3v) is 5.14. The van der Waals surface area contributed by atoms with E-state index < -0.39 is 0 Å². The Hall–Kier alpha value is -0.360. The molecule has 0 amide bonds. The Bertz CT molecular complexity index is 557. The van der Waals surface area contributed by atoms with E-state index in [1.165, 1.54) is 10.4 Å². The second-order valence-corrected chi connectivity index (χ2v) is 7.83. The van der Waals surface area contributed by atoms with E-state index in [-0.39, 0.29) is 0 Å². The first-order chi connectivity index (χ1) is 9.69. The van der Waals surface area contributed by atoms with Crippen LogP contribution in [-0.2, 0) is 13.2 Å². The molecule has 1 aromatic heterocycles. The zero-order valence-corrected chi connectivity index (χ0v) is 15.3. The molecule has 0 aliphatic heterocycles. The van der Waals surface area contributed by atoms with Gasteiger partial charge in [-0.25, -0.2) is 0 Å². The van der Waals surface area contributed by atoms with Crippen molar-refractivity contribution in [2.45, 2.75) is 26.5 Å². The standard InChI is InChI=1S/C15H17Br2NOS/c1-2-7-18-9-11-8-12(3-5-14(11)16)19-10-13-4-6-15(17)20-13/h3-6,8,18H,2,7,9-10H2,1H3. The van der Waals surface area contributed by atoms with Crippen LogP contribution in [0.25, 0.3) is 0 Å². The maximum Gasteiger partial charge on any atom is 0.122 e. The number of benzene rings is 1. The van der Waals surface area contributed by atoms with Gasteiger partial charge in [0.15, 0.2) is 0 Å². The molecule has 2 nitrogen and oxygen atoms in total. The van der Waals surface area contributed by atoms with Crippen LogP contribution in [0.15, 0.2) is 38.6 Å². The summed E-state index contributed by atoms with van der Waals surface area (Å²) in [6.45, 7) is 4.66. The van der Waals surface area contributed by atoms with Gasteiger partial charge in [-0.15, -0.1) is 11.3 Å². The lowest BCUT2D eigenvalue weighted by molar-refractivity contribution is 0.309. The first-order valence-electron chi connectivity index (χ1n) is 6.55. The first kappa shape index (κ1) is 16.0. The molecule has 0 aliphatic carbocycles. The van der Waals surface area contributed by atoms with Gasteiger partial charge in [0.2, 0.25) is 0 Å². The molecular formula is C15H17Br2NOS. The molecule has 108 valence electrons. The highest BCUT2D eigenvalue weighted by molar-refractivity contribution is 9.11. The molecule has 0 saturated heterocycles. The fraction of sp³-hybridized carbons (Fsp3) is 0.333. The minimum absolute atomic E-state index is 0.611. The predicted molar refractivity (Wildman–Crippen MR) is 92.5 cm³/mol. The van der Waals surface area contributed by atoms with Crippen LogP contribution in [0.4, 0.5) is 0 Å². The minimum atomic E-state index is 0.611. The van der Waals surface area contributed by atoms with Gasteiger partial charge in [-0.1, -0.05) is 22.9 Å². The summed E-state index contributed by atoms with van der Waals surface area (Å²) in [5.41, 5.74) is 1.23. The summed E-state index contributed by atoms with van der Waals surface area (Å²) in [6.07, 6.45) is 1.14. The van der Waals surface area contributed by atoms with Crippen LogP contribution < -0.4 is 10.1 Å². The summed E-state index contributed by atoms with van der Waals surface area (Å²) < 4.78 is 8.10. The molecule has 0 atom stereocenters. The van der Waals surface area contributed by atoms with Crippen molar-refractivity contribution in [1.82, 2.24) is 5.32 Å². The number of hydrogen-bond donors (Lipinski definition) is 1. The van der Waals surface area contributed by atoms with Crippen LogP contribution in [0.3, 0.4) is 0 Å². The number of nitrogens with one attached hydrogen (secondary N) is 1. The smallest absolute Gasteiger partial charge is 0.122 e. The van der Waals surface area contributed by atoms with Gasteiger partial charge in [0, 0.05) is 15.9 Å². The van der Waals surface area contributed by atoms with Gasteiger partial charge in [0.1, 0.15) is 12.4 Å². The quantitative estimate of drug-likeness (QED) is 0.611. The number of halogens is 2. The number of hydrogen-bond acceptors (Lipinski definition) is 3. The summed E-state index contributed by atoms with van der Waals surface area (Å²) in [6, 6.07) is 10.3. The maximum atomic E-state index is 5.85. The van der Waals surface area contributed by atoms with Crippen LogP contribution in [-0.4, -0.2) is 6.54 Å². The van der Waals surface area contributed by atoms with E-state index in [1.54, 1.807) is 11.3 Å². The van der Waals surface area contributed by atoms with Gasteiger partial charge in [-0.2, -0.15) is 0 Å². The minimum Gasteiger partial charge on any atom is -0.488 e. The Morgan fingerprint density at radius 3 is 2.75 bits per heavy atom. The van der Waals surface area contributed by atoms with Gasteiger partial charge in [0.05, 0.1) is 3.79 Å². The Kier molecular flexibility index (Phi) is 6.55. The van der Waals surface area contributed by atoms with Crippen molar-refractivity contribution >= 4 is 43.2 Å². The maximum absolute atomic E-state index is 5.85. The summed E-state index contributed by atoms with van der Waals surface area (Å²) in [4.78, 5) is 1.21. The summed E-state index contributed by atoms with van der Waals surface area (Å²) in [5.74, 6) is 0.908. The van der Waals surface area contributed by atoms with Crippen molar-refractivity contribution in [2.75, 3.05) is 6.54 Å². The fourth-order valence-electron chi connectivity index (χ4n) is 1.76. The lowest BCUT2D eigenvalue weighted by atomic mass is 10.2. The lowest BCUT2D eigenvalue weighted by Gasteiger charge is -2.10. The molecule has 2 rings (SSSR count). The van der Waals surface area contributed by atoms with E-state index in [0.29, 0.717) is 6.61 Å². The van der Waals surface area contributed by atoms with Gasteiger partial charge in [0.25, 0.3) is 0 Å². The van der Waals surface area contributed by atoms with E-state index >= 15 is 0 Å². The summed E-state index contributed by atoms with van der Waals surface area (Å²) in [5, 5.41) is 3.41. The van der Waals surface area contributed by atoms with Gasteiger partial charge < -0.3 is 10.1 Å². The average molecular weight is 419 g/mol. The van der Waals surface area contributed by atoms with Crippen molar-refractivity contribution in [1.29, 1.82) is 0 Å². The second kappa shape index (κ2) is 8.17. The van der Waals surface area contributed by atoms with Gasteiger partial charge in [-0.05, 0) is 64.8 Å². The summed E-state index contributed by atoms with van der Waals surface area (Å²) in [7, 11) is 0. The SMILES string of the molecule is CCCNCc1cc(OCc2ccc(Br)s2)ccc1Br. The van der Waals surface area contributed by atoms with Gasteiger partial charge >= 0.3 is 0 Å². The largest absolute Gasteiger partial charge is 0.488 e. The molecule has 0 radical (unpaired) electrons. The molecule has 0 bridgehead atoms. The molecule has 0 saturated carbocycles. The number of rotatable bonds is 7.